The van der Waals surface area contributed by atoms with E-state index in [9.17, 15) is 4.79 Å². The lowest BCUT2D eigenvalue weighted by atomic mass is 9.89. The lowest BCUT2D eigenvalue weighted by Crippen LogP contribution is -2.43. The van der Waals surface area contributed by atoms with E-state index >= 15 is 0 Å². The minimum absolute atomic E-state index is 0.200. The number of nitrogens with zero attached hydrogens (tertiary/aromatic N) is 2. The minimum atomic E-state index is 0.200. The quantitative estimate of drug-likeness (QED) is 0.463. The van der Waals surface area contributed by atoms with Crippen LogP contribution in [0.1, 0.15) is 37.7 Å². The molecule has 2 rings (SSSR count). The SMILES string of the molecule is CN=C(NCCNC(=O)C1CCCCC1)N(C)Cc1ccc(Cl)cc1. The van der Waals surface area contributed by atoms with Gasteiger partial charge in [-0.15, -0.1) is 0 Å². The van der Waals surface area contributed by atoms with Gasteiger partial charge in [0.1, 0.15) is 0 Å². The highest BCUT2D eigenvalue weighted by Gasteiger charge is 2.20. The molecule has 2 N–H and O–H groups in total. The molecule has 1 aliphatic carbocycles. The van der Waals surface area contributed by atoms with E-state index in [2.05, 4.69) is 15.6 Å². The van der Waals surface area contributed by atoms with Crippen molar-refractivity contribution in [2.45, 2.75) is 38.6 Å². The molecule has 0 saturated heterocycles. The number of carbonyl (C=O) groups is 1. The van der Waals surface area contributed by atoms with Crippen molar-refractivity contribution < 1.29 is 4.79 Å². The smallest absolute Gasteiger partial charge is 0.223 e. The van der Waals surface area contributed by atoms with Gasteiger partial charge in [0.05, 0.1) is 0 Å². The largest absolute Gasteiger partial charge is 0.354 e. The molecule has 1 fully saturated rings. The molecule has 25 heavy (non-hydrogen) atoms. The van der Waals surface area contributed by atoms with E-state index in [1.807, 2.05) is 36.2 Å². The Kier molecular flexibility index (Phi) is 8.06. The van der Waals surface area contributed by atoms with Crippen LogP contribution >= 0.6 is 11.6 Å². The molecule has 0 unspecified atom stereocenters. The molecule has 1 aromatic carbocycles. The monoisotopic (exact) mass is 364 g/mol. The van der Waals surface area contributed by atoms with E-state index in [4.69, 9.17) is 11.6 Å². The molecule has 0 radical (unpaired) electrons. The zero-order valence-electron chi connectivity index (χ0n) is 15.2. The Balaban J connectivity index is 1.70. The van der Waals surface area contributed by atoms with Crippen LogP contribution < -0.4 is 10.6 Å². The van der Waals surface area contributed by atoms with Crippen molar-refractivity contribution >= 4 is 23.5 Å². The highest BCUT2D eigenvalue weighted by atomic mass is 35.5. The summed E-state index contributed by atoms with van der Waals surface area (Å²) in [5.74, 6) is 1.22. The summed E-state index contributed by atoms with van der Waals surface area (Å²) in [7, 11) is 3.76. The van der Waals surface area contributed by atoms with Crippen LogP contribution in [0, 0.1) is 5.92 Å². The van der Waals surface area contributed by atoms with Crippen LogP contribution in [0.2, 0.25) is 5.02 Å². The molecule has 1 saturated carbocycles. The predicted molar refractivity (Wildman–Crippen MR) is 104 cm³/mol. The summed E-state index contributed by atoms with van der Waals surface area (Å²) in [5.41, 5.74) is 1.17. The number of guanidine groups is 1. The van der Waals surface area contributed by atoms with Crippen LogP contribution in [-0.4, -0.2) is 44.0 Å². The molecule has 138 valence electrons. The van der Waals surface area contributed by atoms with Gasteiger partial charge in [-0.1, -0.05) is 43.0 Å². The molecule has 0 aromatic heterocycles. The normalized spacial score (nSPS) is 15.7. The Morgan fingerprint density at radius 2 is 1.80 bits per heavy atom. The number of nitrogens with one attached hydrogen (secondary N) is 2. The fourth-order valence-electron chi connectivity index (χ4n) is 3.19. The van der Waals surface area contributed by atoms with Gasteiger partial charge in [0, 0.05) is 44.7 Å². The molecular formula is C19H29ClN4O. The van der Waals surface area contributed by atoms with Crippen molar-refractivity contribution in [3.8, 4) is 0 Å². The van der Waals surface area contributed by atoms with Crippen LogP contribution in [0.25, 0.3) is 0 Å². The Hall–Kier alpha value is -1.75. The van der Waals surface area contributed by atoms with Gasteiger partial charge < -0.3 is 15.5 Å². The molecule has 0 atom stereocenters. The fraction of sp³-hybridized carbons (Fsp3) is 0.579. The number of aliphatic imine (C=N–C) groups is 1. The fourth-order valence-corrected chi connectivity index (χ4v) is 3.32. The van der Waals surface area contributed by atoms with Gasteiger partial charge in [0.25, 0.3) is 0 Å². The van der Waals surface area contributed by atoms with E-state index < -0.39 is 0 Å². The van der Waals surface area contributed by atoms with Gasteiger partial charge in [-0.3, -0.25) is 9.79 Å². The summed E-state index contributed by atoms with van der Waals surface area (Å²) >= 11 is 5.92. The van der Waals surface area contributed by atoms with Crippen LogP contribution in [0.3, 0.4) is 0 Å². The predicted octanol–water partition coefficient (Wildman–Crippen LogP) is 3.04. The number of rotatable bonds is 6. The standard InChI is InChI=1S/C19H29ClN4O/c1-21-19(24(2)14-15-8-10-17(20)11-9-15)23-13-12-22-18(25)16-6-4-3-5-7-16/h8-11,16H,3-7,12-14H2,1-2H3,(H,21,23)(H,22,25). The van der Waals surface area contributed by atoms with Crippen LogP contribution in [0.4, 0.5) is 0 Å². The Labute approximate surface area is 155 Å². The number of halogens is 1. The number of amides is 1. The van der Waals surface area contributed by atoms with Gasteiger partial charge in [0.15, 0.2) is 5.96 Å². The molecule has 1 amide bonds. The Morgan fingerprint density at radius 1 is 1.16 bits per heavy atom. The second kappa shape index (κ2) is 10.3. The van der Waals surface area contributed by atoms with Gasteiger partial charge in [-0.2, -0.15) is 0 Å². The van der Waals surface area contributed by atoms with Crippen LogP contribution in [0.15, 0.2) is 29.3 Å². The molecule has 1 aliphatic rings. The molecular weight excluding hydrogens is 336 g/mol. The Morgan fingerprint density at radius 3 is 2.44 bits per heavy atom. The number of hydrogen-bond donors (Lipinski definition) is 2. The average molecular weight is 365 g/mol. The third-order valence-corrected chi connectivity index (χ3v) is 4.84. The molecule has 0 aliphatic heterocycles. The molecule has 0 spiro atoms. The summed E-state index contributed by atoms with van der Waals surface area (Å²) in [4.78, 5) is 18.5. The van der Waals surface area contributed by atoms with E-state index in [0.717, 1.165) is 30.4 Å². The zero-order valence-corrected chi connectivity index (χ0v) is 16.0. The minimum Gasteiger partial charge on any atom is -0.354 e. The van der Waals surface area contributed by atoms with Gasteiger partial charge >= 0.3 is 0 Å². The second-order valence-corrected chi connectivity index (χ2v) is 7.02. The van der Waals surface area contributed by atoms with E-state index in [1.165, 1.54) is 24.8 Å². The van der Waals surface area contributed by atoms with Crippen molar-refractivity contribution in [2.75, 3.05) is 27.2 Å². The van der Waals surface area contributed by atoms with Gasteiger partial charge in [-0.05, 0) is 30.5 Å². The second-order valence-electron chi connectivity index (χ2n) is 6.58. The lowest BCUT2D eigenvalue weighted by Gasteiger charge is -2.23. The first kappa shape index (κ1) is 19.6. The van der Waals surface area contributed by atoms with Gasteiger partial charge in [0.2, 0.25) is 5.91 Å². The highest BCUT2D eigenvalue weighted by Crippen LogP contribution is 2.23. The van der Waals surface area contributed by atoms with Crippen molar-refractivity contribution in [1.82, 2.24) is 15.5 Å². The summed E-state index contributed by atoms with van der Waals surface area (Å²) in [6.45, 7) is 2.02. The lowest BCUT2D eigenvalue weighted by molar-refractivity contribution is -0.125. The molecule has 0 bridgehead atoms. The van der Waals surface area contributed by atoms with Crippen LogP contribution in [-0.2, 0) is 11.3 Å². The maximum absolute atomic E-state index is 12.1. The highest BCUT2D eigenvalue weighted by molar-refractivity contribution is 6.30. The topological polar surface area (TPSA) is 56.7 Å². The third kappa shape index (κ3) is 6.58. The first-order valence-electron chi connectivity index (χ1n) is 9.04. The number of benzene rings is 1. The maximum Gasteiger partial charge on any atom is 0.223 e. The van der Waals surface area contributed by atoms with Crippen molar-refractivity contribution in [1.29, 1.82) is 0 Å². The van der Waals surface area contributed by atoms with Crippen molar-refractivity contribution in [3.05, 3.63) is 34.9 Å². The molecule has 6 heteroatoms. The van der Waals surface area contributed by atoms with E-state index in [-0.39, 0.29) is 11.8 Å². The first-order valence-corrected chi connectivity index (χ1v) is 9.42. The first-order chi connectivity index (χ1) is 12.1. The summed E-state index contributed by atoms with van der Waals surface area (Å²) in [6.07, 6.45) is 5.69. The third-order valence-electron chi connectivity index (χ3n) is 4.59. The number of carbonyl (C=O) groups excluding carboxylic acids is 1. The maximum atomic E-state index is 12.1. The zero-order chi connectivity index (χ0) is 18.1. The number of hydrogen-bond acceptors (Lipinski definition) is 2. The Bertz CT molecular complexity index is 567. The van der Waals surface area contributed by atoms with Crippen LogP contribution in [0.5, 0.6) is 0 Å². The molecule has 0 heterocycles. The summed E-state index contributed by atoms with van der Waals surface area (Å²) in [6, 6.07) is 7.80. The summed E-state index contributed by atoms with van der Waals surface area (Å²) < 4.78 is 0. The molecule has 1 aromatic rings. The van der Waals surface area contributed by atoms with Gasteiger partial charge in [-0.25, -0.2) is 0 Å². The van der Waals surface area contributed by atoms with Crippen molar-refractivity contribution in [3.63, 3.8) is 0 Å². The van der Waals surface area contributed by atoms with E-state index in [1.54, 1.807) is 7.05 Å². The van der Waals surface area contributed by atoms with E-state index in [0.29, 0.717) is 13.1 Å². The average Bonchev–Trinajstić information content (AvgIpc) is 2.64. The molecule has 5 nitrogen and oxygen atoms in total. The summed E-state index contributed by atoms with van der Waals surface area (Å²) in [5, 5.41) is 7.07. The van der Waals surface area contributed by atoms with Crippen molar-refractivity contribution in [2.24, 2.45) is 10.9 Å².